The molecule has 1 aliphatic rings. The van der Waals surface area contributed by atoms with E-state index in [4.69, 9.17) is 4.74 Å². The standard InChI is InChI=1S/C22H28N2O5S2/c1-4-29-22(26)20-15(2)16(3)30-21(20)23-19(25)13-24(12-17-8-6-5-7-9-17)18-10-11-31(27,28)14-18/h5-9,18H,4,10-14H2,1-3H3,(H,23,25)/t18-/m1/s1. The van der Waals surface area contributed by atoms with E-state index in [0.717, 1.165) is 16.0 Å². The van der Waals surface area contributed by atoms with E-state index in [1.807, 2.05) is 49.1 Å². The molecular weight excluding hydrogens is 436 g/mol. The predicted molar refractivity (Wildman–Crippen MR) is 122 cm³/mol. The van der Waals surface area contributed by atoms with Crippen LogP contribution in [0.2, 0.25) is 0 Å². The molecule has 168 valence electrons. The van der Waals surface area contributed by atoms with Crippen LogP contribution in [0.25, 0.3) is 0 Å². The van der Waals surface area contributed by atoms with Crippen LogP contribution in [0.4, 0.5) is 5.00 Å². The number of carbonyl (C=O) groups is 2. The molecule has 9 heteroatoms. The van der Waals surface area contributed by atoms with Gasteiger partial charge in [0.2, 0.25) is 5.91 Å². The Hall–Kier alpha value is -2.23. The maximum atomic E-state index is 12.9. The number of ether oxygens (including phenoxy) is 1. The van der Waals surface area contributed by atoms with Crippen molar-refractivity contribution in [2.45, 2.75) is 39.8 Å². The van der Waals surface area contributed by atoms with Crippen LogP contribution in [0.3, 0.4) is 0 Å². The molecule has 0 bridgehead atoms. The van der Waals surface area contributed by atoms with Crippen LogP contribution in [0.15, 0.2) is 30.3 Å². The summed E-state index contributed by atoms with van der Waals surface area (Å²) in [7, 11) is -3.09. The van der Waals surface area contributed by atoms with Crippen LogP contribution in [0.1, 0.15) is 39.7 Å². The number of anilines is 1. The summed E-state index contributed by atoms with van der Waals surface area (Å²) in [6.45, 7) is 6.22. The van der Waals surface area contributed by atoms with Gasteiger partial charge >= 0.3 is 5.97 Å². The molecule has 2 heterocycles. The third kappa shape index (κ3) is 5.93. The van der Waals surface area contributed by atoms with Gasteiger partial charge in [0.15, 0.2) is 9.84 Å². The van der Waals surface area contributed by atoms with Crippen molar-refractivity contribution in [1.29, 1.82) is 0 Å². The number of hydrogen-bond acceptors (Lipinski definition) is 7. The SMILES string of the molecule is CCOC(=O)c1c(NC(=O)CN(Cc2ccccc2)[C@@H]2CCS(=O)(=O)C2)sc(C)c1C. The maximum Gasteiger partial charge on any atom is 0.341 e. The number of carbonyl (C=O) groups excluding carboxylic acids is 2. The second kappa shape index (κ2) is 9.93. The van der Waals surface area contributed by atoms with Crippen LogP contribution in [-0.2, 0) is 25.9 Å². The summed E-state index contributed by atoms with van der Waals surface area (Å²) < 4.78 is 29.2. The van der Waals surface area contributed by atoms with Crippen molar-refractivity contribution < 1.29 is 22.7 Å². The number of benzene rings is 1. The van der Waals surface area contributed by atoms with Gasteiger partial charge in [-0.3, -0.25) is 9.69 Å². The van der Waals surface area contributed by atoms with Crippen molar-refractivity contribution in [3.8, 4) is 0 Å². The highest BCUT2D eigenvalue weighted by Crippen LogP contribution is 2.33. The number of aryl methyl sites for hydroxylation is 1. The zero-order chi connectivity index (χ0) is 22.6. The first kappa shape index (κ1) is 23.4. The second-order valence-electron chi connectivity index (χ2n) is 7.70. The lowest BCUT2D eigenvalue weighted by atomic mass is 10.1. The normalized spacial score (nSPS) is 17.6. The number of rotatable bonds is 8. The Bertz CT molecular complexity index is 1050. The number of nitrogens with one attached hydrogen (secondary N) is 1. The molecule has 1 amide bonds. The molecule has 7 nitrogen and oxygen atoms in total. The monoisotopic (exact) mass is 464 g/mol. The minimum absolute atomic E-state index is 0.0351. The fourth-order valence-corrected chi connectivity index (χ4v) is 6.54. The molecule has 1 N–H and O–H groups in total. The summed E-state index contributed by atoms with van der Waals surface area (Å²) in [5.74, 6) is -0.547. The summed E-state index contributed by atoms with van der Waals surface area (Å²) in [5, 5.41) is 3.33. The first-order valence-electron chi connectivity index (χ1n) is 10.3. The van der Waals surface area contributed by atoms with E-state index in [-0.39, 0.29) is 36.6 Å². The minimum Gasteiger partial charge on any atom is -0.462 e. The Labute approximate surface area is 187 Å². The number of nitrogens with zero attached hydrogens (tertiary/aromatic N) is 1. The predicted octanol–water partition coefficient (Wildman–Crippen LogP) is 3.17. The first-order chi connectivity index (χ1) is 14.7. The molecule has 3 rings (SSSR count). The third-order valence-electron chi connectivity index (χ3n) is 5.42. The van der Waals surface area contributed by atoms with Gasteiger partial charge in [0.05, 0.1) is 30.2 Å². The zero-order valence-corrected chi connectivity index (χ0v) is 19.6. The molecule has 1 atom stereocenters. The number of thiophene rings is 1. The third-order valence-corrected chi connectivity index (χ3v) is 8.29. The molecule has 1 saturated heterocycles. The highest BCUT2D eigenvalue weighted by atomic mass is 32.2. The van der Waals surface area contributed by atoms with Gasteiger partial charge in [0, 0.05) is 17.5 Å². The lowest BCUT2D eigenvalue weighted by Crippen LogP contribution is -2.41. The van der Waals surface area contributed by atoms with Crippen LogP contribution < -0.4 is 5.32 Å². The summed E-state index contributed by atoms with van der Waals surface area (Å²) in [6.07, 6.45) is 0.508. The molecule has 0 radical (unpaired) electrons. The van der Waals surface area contributed by atoms with Crippen molar-refractivity contribution in [2.24, 2.45) is 0 Å². The largest absolute Gasteiger partial charge is 0.462 e. The van der Waals surface area contributed by atoms with Crippen molar-refractivity contribution in [2.75, 3.05) is 30.0 Å². The van der Waals surface area contributed by atoms with Crippen molar-refractivity contribution >= 4 is 38.1 Å². The smallest absolute Gasteiger partial charge is 0.341 e. The Kier molecular flexibility index (Phi) is 7.51. The average molecular weight is 465 g/mol. The van der Waals surface area contributed by atoms with Gasteiger partial charge < -0.3 is 10.1 Å². The summed E-state index contributed by atoms with van der Waals surface area (Å²) in [5.41, 5.74) is 2.19. The highest BCUT2D eigenvalue weighted by molar-refractivity contribution is 7.91. The molecule has 1 fully saturated rings. The molecule has 1 aromatic heterocycles. The van der Waals surface area contributed by atoms with Gasteiger partial charge in [0.25, 0.3) is 0 Å². The maximum absolute atomic E-state index is 12.9. The zero-order valence-electron chi connectivity index (χ0n) is 18.0. The summed E-state index contributed by atoms with van der Waals surface area (Å²) in [4.78, 5) is 28.2. The van der Waals surface area contributed by atoms with E-state index in [1.165, 1.54) is 11.3 Å². The Morgan fingerprint density at radius 2 is 1.94 bits per heavy atom. The second-order valence-corrected chi connectivity index (χ2v) is 11.2. The van der Waals surface area contributed by atoms with Crippen molar-refractivity contribution in [3.05, 3.63) is 51.9 Å². The Morgan fingerprint density at radius 3 is 2.55 bits per heavy atom. The topological polar surface area (TPSA) is 92.8 Å². The number of sulfone groups is 1. The Balaban J connectivity index is 1.78. The summed E-state index contributed by atoms with van der Waals surface area (Å²) >= 11 is 1.34. The molecule has 1 aromatic carbocycles. The number of amides is 1. The van der Waals surface area contributed by atoms with E-state index in [2.05, 4.69) is 5.32 Å². The molecule has 0 unspecified atom stereocenters. The van der Waals surface area contributed by atoms with Crippen molar-refractivity contribution in [3.63, 3.8) is 0 Å². The van der Waals surface area contributed by atoms with Gasteiger partial charge in [-0.05, 0) is 38.3 Å². The lowest BCUT2D eigenvalue weighted by molar-refractivity contribution is -0.117. The number of hydrogen-bond donors (Lipinski definition) is 1. The molecule has 0 spiro atoms. The minimum atomic E-state index is -3.09. The lowest BCUT2D eigenvalue weighted by Gasteiger charge is -2.27. The Morgan fingerprint density at radius 1 is 1.23 bits per heavy atom. The van der Waals surface area contributed by atoms with E-state index < -0.39 is 15.8 Å². The fraction of sp³-hybridized carbons (Fsp3) is 0.455. The first-order valence-corrected chi connectivity index (χ1v) is 12.9. The van der Waals surface area contributed by atoms with E-state index in [9.17, 15) is 18.0 Å². The van der Waals surface area contributed by atoms with Crippen molar-refractivity contribution in [1.82, 2.24) is 4.90 Å². The average Bonchev–Trinajstić information content (AvgIpc) is 3.21. The van der Waals surface area contributed by atoms with Gasteiger partial charge in [-0.1, -0.05) is 30.3 Å². The van der Waals surface area contributed by atoms with E-state index >= 15 is 0 Å². The van der Waals surface area contributed by atoms with Gasteiger partial charge in [0.1, 0.15) is 5.00 Å². The van der Waals surface area contributed by atoms with E-state index in [0.29, 0.717) is 23.5 Å². The van der Waals surface area contributed by atoms with Crippen LogP contribution in [-0.4, -0.2) is 55.9 Å². The molecule has 1 aliphatic heterocycles. The molecule has 0 saturated carbocycles. The molecule has 0 aliphatic carbocycles. The van der Waals surface area contributed by atoms with Crippen LogP contribution >= 0.6 is 11.3 Å². The summed E-state index contributed by atoms with van der Waals surface area (Å²) in [6, 6.07) is 9.45. The van der Waals surface area contributed by atoms with Gasteiger partial charge in [-0.15, -0.1) is 11.3 Å². The molecule has 31 heavy (non-hydrogen) atoms. The number of esters is 1. The molecule has 2 aromatic rings. The molecular formula is C22H28N2O5S2. The van der Waals surface area contributed by atoms with Crippen LogP contribution in [0, 0.1) is 13.8 Å². The van der Waals surface area contributed by atoms with Gasteiger partial charge in [-0.2, -0.15) is 0 Å². The van der Waals surface area contributed by atoms with Crippen LogP contribution in [0.5, 0.6) is 0 Å². The quantitative estimate of drug-likeness (QED) is 0.603. The highest BCUT2D eigenvalue weighted by Gasteiger charge is 2.33. The fourth-order valence-electron chi connectivity index (χ4n) is 3.71. The van der Waals surface area contributed by atoms with E-state index in [1.54, 1.807) is 6.92 Å². The van der Waals surface area contributed by atoms with Gasteiger partial charge in [-0.25, -0.2) is 13.2 Å².